The van der Waals surface area contributed by atoms with Crippen molar-refractivity contribution in [2.45, 2.75) is 61.9 Å². The molecule has 0 spiro atoms. The Morgan fingerprint density at radius 1 is 0.603 bits per heavy atom. The van der Waals surface area contributed by atoms with Crippen LogP contribution in [0.2, 0.25) is 0 Å². The Morgan fingerprint density at radius 3 is 1.71 bits per heavy atom. The quantitative estimate of drug-likeness (QED) is 0.225. The van der Waals surface area contributed by atoms with Crippen molar-refractivity contribution >= 4 is 33.5 Å². The van der Waals surface area contributed by atoms with Gasteiger partial charge >= 0.3 is 5.82 Å². The van der Waals surface area contributed by atoms with Crippen molar-refractivity contribution in [3.63, 3.8) is 0 Å². The number of hydrogen-bond donors (Lipinski definition) is 2. The molecule has 9 heterocycles. The Balaban J connectivity index is 0.000000133. The largest absolute Gasteiger partial charge is 0.493 e. The minimum absolute atomic E-state index is 0.0566. The highest BCUT2D eigenvalue weighted by Crippen LogP contribution is 2.22. The lowest BCUT2D eigenvalue weighted by molar-refractivity contribution is -0.599. The second kappa shape index (κ2) is 16.3. The molecule has 9 aromatic heterocycles. The zero-order valence-electron chi connectivity index (χ0n) is 33.4. The fraction of sp³-hybridized carbons (Fsp3) is 0.250. The average Bonchev–Trinajstić information content (AvgIpc) is 4.00. The molecule has 9 rings (SSSR count). The number of ether oxygens (including phenoxy) is 1. The number of imidazole rings is 3. The summed E-state index contributed by atoms with van der Waals surface area (Å²) in [7, 11) is 0. The molecule has 0 saturated carbocycles. The molecule has 0 aliphatic heterocycles. The zero-order chi connectivity index (χ0) is 41.1. The summed E-state index contributed by atoms with van der Waals surface area (Å²) in [6.07, 6.45) is 20.5. The van der Waals surface area contributed by atoms with Crippen LogP contribution in [0.3, 0.4) is 0 Å². The molecular weight excluding hydrogens is 739 g/mol. The summed E-state index contributed by atoms with van der Waals surface area (Å²) in [6.45, 7) is 16.7. The SMILES string of the molecule is CCOc1c(C)c[n+](-c2ncnc3nc[nH]c23)cc1C.CCn1cnc2c(-n3cc(C)c(=O)c(C)c3)ncnc21.Cc1cn(-c2ncnc3nc[nH]c23)cc(C)c1=O. The number of pyridine rings is 3. The van der Waals surface area contributed by atoms with E-state index < -0.39 is 0 Å². The number of aromatic nitrogens is 15. The van der Waals surface area contributed by atoms with Crippen molar-refractivity contribution in [1.29, 1.82) is 0 Å². The topological polar surface area (TPSA) is 210 Å². The maximum Gasteiger partial charge on any atom is 0.357 e. The highest BCUT2D eigenvalue weighted by Gasteiger charge is 2.19. The van der Waals surface area contributed by atoms with E-state index in [0.717, 1.165) is 51.4 Å². The Bertz CT molecular complexity index is 2970. The van der Waals surface area contributed by atoms with Crippen LogP contribution in [0.25, 0.3) is 50.9 Å². The van der Waals surface area contributed by atoms with Gasteiger partial charge in [-0.25, -0.2) is 39.5 Å². The Labute approximate surface area is 331 Å². The van der Waals surface area contributed by atoms with Gasteiger partial charge in [-0.05, 0) is 60.4 Å². The van der Waals surface area contributed by atoms with Gasteiger partial charge in [0.15, 0.2) is 50.5 Å². The first-order valence-electron chi connectivity index (χ1n) is 18.5. The van der Waals surface area contributed by atoms with Crippen LogP contribution in [-0.4, -0.2) is 75.1 Å². The summed E-state index contributed by atoms with van der Waals surface area (Å²) in [5.41, 5.74) is 9.35. The molecule has 0 radical (unpaired) electrons. The molecule has 0 bridgehead atoms. The molecule has 0 unspecified atom stereocenters. The second-order valence-electron chi connectivity index (χ2n) is 13.5. The van der Waals surface area contributed by atoms with Crippen molar-refractivity contribution in [2.75, 3.05) is 6.61 Å². The molecule has 294 valence electrons. The van der Waals surface area contributed by atoms with Crippen molar-refractivity contribution < 1.29 is 9.30 Å². The summed E-state index contributed by atoms with van der Waals surface area (Å²) in [5, 5.41) is 0. The Hall–Kier alpha value is -7.50. The molecular formula is C40H42N15O3+. The monoisotopic (exact) mass is 780 g/mol. The van der Waals surface area contributed by atoms with Gasteiger partial charge in [-0.15, -0.1) is 0 Å². The van der Waals surface area contributed by atoms with Gasteiger partial charge in [-0.3, -0.25) is 9.59 Å². The number of rotatable bonds is 6. The Kier molecular flexibility index (Phi) is 10.9. The van der Waals surface area contributed by atoms with Crippen LogP contribution in [0.5, 0.6) is 5.75 Å². The van der Waals surface area contributed by atoms with E-state index in [9.17, 15) is 9.59 Å². The average molecular weight is 781 g/mol. The first kappa shape index (κ1) is 38.8. The maximum absolute atomic E-state index is 11.8. The summed E-state index contributed by atoms with van der Waals surface area (Å²) in [4.78, 5) is 67.6. The summed E-state index contributed by atoms with van der Waals surface area (Å²) in [5.74, 6) is 3.08. The molecule has 0 amide bonds. The molecule has 0 atom stereocenters. The van der Waals surface area contributed by atoms with Crippen molar-refractivity contribution in [3.05, 3.63) is 129 Å². The fourth-order valence-electron chi connectivity index (χ4n) is 6.57. The van der Waals surface area contributed by atoms with E-state index in [1.54, 1.807) is 71.5 Å². The number of H-pyrrole nitrogens is 2. The van der Waals surface area contributed by atoms with E-state index in [1.807, 2.05) is 58.4 Å². The van der Waals surface area contributed by atoms with Crippen LogP contribution >= 0.6 is 0 Å². The van der Waals surface area contributed by atoms with Crippen LogP contribution in [0.4, 0.5) is 0 Å². The predicted molar refractivity (Wildman–Crippen MR) is 217 cm³/mol. The minimum atomic E-state index is 0.0566. The zero-order valence-corrected chi connectivity index (χ0v) is 33.4. The van der Waals surface area contributed by atoms with E-state index in [4.69, 9.17) is 4.74 Å². The van der Waals surface area contributed by atoms with Gasteiger partial charge in [0.2, 0.25) is 6.33 Å². The predicted octanol–water partition coefficient (Wildman–Crippen LogP) is 4.38. The van der Waals surface area contributed by atoms with Crippen molar-refractivity contribution in [3.8, 4) is 23.2 Å². The maximum atomic E-state index is 11.8. The number of fused-ring (bicyclic) bond motifs is 3. The van der Waals surface area contributed by atoms with E-state index in [1.165, 1.54) is 19.0 Å². The lowest BCUT2D eigenvalue weighted by Crippen LogP contribution is -2.33. The van der Waals surface area contributed by atoms with Gasteiger partial charge in [-0.2, -0.15) is 4.98 Å². The van der Waals surface area contributed by atoms with E-state index in [2.05, 4.69) is 54.8 Å². The van der Waals surface area contributed by atoms with Crippen LogP contribution in [0.1, 0.15) is 47.2 Å². The number of nitrogens with one attached hydrogen (secondary N) is 2. The molecule has 0 saturated heterocycles. The standard InChI is InChI=1S/C14H15N5O.C14H16N5O.C12H11N5O/c1-4-18-8-17-11-13(18)15-7-16-14(11)19-5-9(2)12(20)10(3)6-19;1-4-20-12-9(2)5-19(6-10(12)3)14-11-13(16-7-15-11)17-8-18-14;1-7-3-17(4-8(2)10(7)18)12-9-11(14-5-13-9)15-6-16-12/h5-8H,4H2,1-3H3;5-8H,4H2,1-3H3,(H,15,16,17,18);3-6H,1-2H3,(H,13,14,15,16)/q;+1;. The third-order valence-electron chi connectivity index (χ3n) is 9.30. The lowest BCUT2D eigenvalue weighted by atomic mass is 10.2. The highest BCUT2D eigenvalue weighted by molar-refractivity contribution is 5.79. The second-order valence-corrected chi connectivity index (χ2v) is 13.5. The minimum Gasteiger partial charge on any atom is -0.493 e. The fourth-order valence-corrected chi connectivity index (χ4v) is 6.57. The third-order valence-corrected chi connectivity index (χ3v) is 9.30. The van der Waals surface area contributed by atoms with E-state index in [0.29, 0.717) is 51.8 Å². The molecule has 18 heteroatoms. The molecule has 0 aliphatic carbocycles. The third kappa shape index (κ3) is 7.54. The molecule has 0 fully saturated rings. The molecule has 2 N–H and O–H groups in total. The van der Waals surface area contributed by atoms with Gasteiger partial charge in [0.05, 0.1) is 25.6 Å². The van der Waals surface area contributed by atoms with Crippen LogP contribution in [0.15, 0.2) is 84.7 Å². The molecule has 58 heavy (non-hydrogen) atoms. The van der Waals surface area contributed by atoms with E-state index >= 15 is 0 Å². The lowest BCUT2D eigenvalue weighted by Gasteiger charge is -2.10. The van der Waals surface area contributed by atoms with Gasteiger partial charge in [0.1, 0.15) is 36.3 Å². The van der Waals surface area contributed by atoms with E-state index in [-0.39, 0.29) is 10.9 Å². The molecule has 18 nitrogen and oxygen atoms in total. The number of aryl methyl sites for hydroxylation is 7. The first-order chi connectivity index (χ1) is 28.0. The van der Waals surface area contributed by atoms with Gasteiger partial charge in [0.25, 0.3) is 0 Å². The van der Waals surface area contributed by atoms with Crippen LogP contribution in [-0.2, 0) is 6.54 Å². The number of aromatic amines is 2. The molecule has 9 aromatic rings. The van der Waals surface area contributed by atoms with Crippen LogP contribution < -0.4 is 20.2 Å². The van der Waals surface area contributed by atoms with Crippen LogP contribution in [0, 0.1) is 41.5 Å². The van der Waals surface area contributed by atoms with Gasteiger partial charge in [0, 0.05) is 64.7 Å². The van der Waals surface area contributed by atoms with Crippen molar-refractivity contribution in [2.24, 2.45) is 0 Å². The summed E-state index contributed by atoms with van der Waals surface area (Å²) >= 11 is 0. The summed E-state index contributed by atoms with van der Waals surface area (Å²) in [6, 6.07) is 0. The van der Waals surface area contributed by atoms with Crippen molar-refractivity contribution in [1.82, 2.24) is 68.5 Å². The molecule has 0 aromatic carbocycles. The Morgan fingerprint density at radius 2 is 1.12 bits per heavy atom. The highest BCUT2D eigenvalue weighted by atomic mass is 16.5. The first-order valence-corrected chi connectivity index (χ1v) is 18.5. The number of hydrogen-bond acceptors (Lipinski definition) is 12. The normalized spacial score (nSPS) is 11.0. The molecule has 0 aliphatic rings. The smallest absolute Gasteiger partial charge is 0.357 e. The number of nitrogens with zero attached hydrogens (tertiary/aromatic N) is 13. The van der Waals surface area contributed by atoms with Gasteiger partial charge in [-0.1, -0.05) is 0 Å². The summed E-state index contributed by atoms with van der Waals surface area (Å²) < 4.78 is 13.2. The van der Waals surface area contributed by atoms with Gasteiger partial charge < -0.3 is 28.4 Å².